The molecule has 0 radical (unpaired) electrons. The molecule has 1 aromatic heterocycles. The molecule has 2 N–H and O–H groups in total. The molecule has 108 valence electrons. The summed E-state index contributed by atoms with van der Waals surface area (Å²) in [6.45, 7) is 3.16. The second kappa shape index (κ2) is 5.90. The van der Waals surface area contributed by atoms with Crippen LogP contribution in [0.5, 0.6) is 0 Å². The van der Waals surface area contributed by atoms with Crippen molar-refractivity contribution in [3.05, 3.63) is 29.6 Å². The van der Waals surface area contributed by atoms with Crippen LogP contribution >= 0.6 is 0 Å². The van der Waals surface area contributed by atoms with E-state index in [1.165, 1.54) is 24.8 Å². The first kappa shape index (κ1) is 14.3. The van der Waals surface area contributed by atoms with E-state index in [1.807, 2.05) is 0 Å². The highest BCUT2D eigenvalue weighted by Gasteiger charge is 2.34. The Morgan fingerprint density at radius 3 is 2.85 bits per heavy atom. The summed E-state index contributed by atoms with van der Waals surface area (Å²) in [6, 6.07) is 2.73. The maximum Gasteiger partial charge on any atom is 0.335 e. The van der Waals surface area contributed by atoms with Gasteiger partial charge in [-0.3, -0.25) is 4.98 Å². The van der Waals surface area contributed by atoms with Gasteiger partial charge in [-0.15, -0.1) is 0 Å². The quantitative estimate of drug-likeness (QED) is 0.856. The van der Waals surface area contributed by atoms with Gasteiger partial charge < -0.3 is 15.3 Å². The van der Waals surface area contributed by atoms with E-state index in [1.54, 1.807) is 11.9 Å². The van der Waals surface area contributed by atoms with Crippen molar-refractivity contribution in [3.63, 3.8) is 0 Å². The molecular weight excluding hydrogens is 258 g/mol. The molecule has 1 aliphatic carbocycles. The summed E-state index contributed by atoms with van der Waals surface area (Å²) in [5.41, 5.74) is 0.704. The third-order valence-electron chi connectivity index (χ3n) is 3.62. The van der Waals surface area contributed by atoms with E-state index in [0.717, 1.165) is 6.54 Å². The lowest BCUT2D eigenvalue weighted by Crippen LogP contribution is -2.38. The number of carboxylic acids is 1. The summed E-state index contributed by atoms with van der Waals surface area (Å²) < 4.78 is 0. The first-order chi connectivity index (χ1) is 9.47. The number of rotatable bonds is 5. The molecule has 2 atom stereocenters. The van der Waals surface area contributed by atoms with Gasteiger partial charge in [-0.2, -0.15) is 0 Å². The fraction of sp³-hybridized carbons (Fsp3) is 0.500. The van der Waals surface area contributed by atoms with Crippen molar-refractivity contribution in [2.75, 3.05) is 13.6 Å². The number of amides is 2. The number of nitrogens with one attached hydrogen (secondary N) is 1. The monoisotopic (exact) mass is 277 g/mol. The van der Waals surface area contributed by atoms with Gasteiger partial charge in [0.05, 0.1) is 17.8 Å². The van der Waals surface area contributed by atoms with Gasteiger partial charge in [0, 0.05) is 19.8 Å². The number of aromatic carboxylic acids is 1. The molecule has 1 aliphatic rings. The van der Waals surface area contributed by atoms with E-state index in [0.29, 0.717) is 17.5 Å². The molecule has 0 bridgehead atoms. The van der Waals surface area contributed by atoms with E-state index in [2.05, 4.69) is 17.2 Å². The summed E-state index contributed by atoms with van der Waals surface area (Å²) >= 11 is 0. The van der Waals surface area contributed by atoms with Crippen LogP contribution in [0.2, 0.25) is 0 Å². The number of carboxylic acid groups (broad SMARTS) is 1. The highest BCUT2D eigenvalue weighted by Crippen LogP contribution is 2.37. The van der Waals surface area contributed by atoms with Crippen molar-refractivity contribution in [1.82, 2.24) is 15.2 Å². The molecule has 6 heteroatoms. The molecule has 0 aromatic carbocycles. The van der Waals surface area contributed by atoms with E-state index < -0.39 is 5.97 Å². The highest BCUT2D eigenvalue weighted by atomic mass is 16.4. The Morgan fingerprint density at radius 2 is 2.25 bits per heavy atom. The molecule has 1 saturated carbocycles. The molecule has 1 heterocycles. The molecule has 2 unspecified atom stereocenters. The van der Waals surface area contributed by atoms with Gasteiger partial charge in [-0.1, -0.05) is 6.92 Å². The zero-order valence-corrected chi connectivity index (χ0v) is 11.7. The predicted octanol–water partition coefficient (Wildman–Crippen LogP) is 1.58. The number of carbonyl (C=O) groups excluding carboxylic acids is 1. The van der Waals surface area contributed by atoms with Gasteiger partial charge in [0.15, 0.2) is 0 Å². The standard InChI is InChI=1S/C14H19N3O3/c1-9-5-11(9)8-17(2)14(20)16-7-12-6-10(13(18)19)3-4-15-12/h3-4,6,9,11H,5,7-8H2,1-2H3,(H,16,20)(H,18,19). The van der Waals surface area contributed by atoms with Crippen LogP contribution in [0.3, 0.4) is 0 Å². The number of hydrogen-bond acceptors (Lipinski definition) is 3. The lowest BCUT2D eigenvalue weighted by molar-refractivity contribution is 0.0696. The average molecular weight is 277 g/mol. The Balaban J connectivity index is 1.83. The Labute approximate surface area is 117 Å². The third-order valence-corrected chi connectivity index (χ3v) is 3.62. The van der Waals surface area contributed by atoms with Gasteiger partial charge in [0.25, 0.3) is 0 Å². The predicted molar refractivity (Wildman–Crippen MR) is 73.3 cm³/mol. The smallest absolute Gasteiger partial charge is 0.335 e. The number of hydrogen-bond donors (Lipinski definition) is 2. The van der Waals surface area contributed by atoms with Gasteiger partial charge in [0.2, 0.25) is 0 Å². The molecule has 2 amide bonds. The van der Waals surface area contributed by atoms with Crippen LogP contribution in [0.15, 0.2) is 18.3 Å². The first-order valence-corrected chi connectivity index (χ1v) is 6.64. The van der Waals surface area contributed by atoms with Crippen molar-refractivity contribution in [2.45, 2.75) is 19.9 Å². The SMILES string of the molecule is CC1CC1CN(C)C(=O)NCc1cc(C(=O)O)ccn1. The molecule has 1 fully saturated rings. The molecule has 2 rings (SSSR count). The topological polar surface area (TPSA) is 82.5 Å². The normalized spacial score (nSPS) is 20.3. The van der Waals surface area contributed by atoms with Gasteiger partial charge >= 0.3 is 12.0 Å². The molecular formula is C14H19N3O3. The Hall–Kier alpha value is -2.11. The van der Waals surface area contributed by atoms with E-state index in [4.69, 9.17) is 5.11 Å². The minimum Gasteiger partial charge on any atom is -0.478 e. The second-order valence-electron chi connectivity index (χ2n) is 5.35. The number of carbonyl (C=O) groups is 2. The molecule has 1 aromatic rings. The zero-order chi connectivity index (χ0) is 14.7. The van der Waals surface area contributed by atoms with Crippen molar-refractivity contribution in [1.29, 1.82) is 0 Å². The highest BCUT2D eigenvalue weighted by molar-refractivity contribution is 5.87. The maximum atomic E-state index is 11.9. The van der Waals surface area contributed by atoms with Crippen LogP contribution < -0.4 is 5.32 Å². The Kier molecular flexibility index (Phi) is 4.22. The van der Waals surface area contributed by atoms with Gasteiger partial charge in [0.1, 0.15) is 0 Å². The number of pyridine rings is 1. The van der Waals surface area contributed by atoms with Crippen molar-refractivity contribution in [3.8, 4) is 0 Å². The number of urea groups is 1. The van der Waals surface area contributed by atoms with Crippen LogP contribution in [-0.2, 0) is 6.54 Å². The Morgan fingerprint density at radius 1 is 1.55 bits per heavy atom. The van der Waals surface area contributed by atoms with E-state index in [-0.39, 0.29) is 18.1 Å². The van der Waals surface area contributed by atoms with Gasteiger partial charge in [-0.25, -0.2) is 9.59 Å². The third kappa shape index (κ3) is 3.69. The summed E-state index contributed by atoms with van der Waals surface area (Å²) in [4.78, 5) is 28.4. The number of nitrogens with zero attached hydrogens (tertiary/aromatic N) is 2. The largest absolute Gasteiger partial charge is 0.478 e. The van der Waals surface area contributed by atoms with Crippen LogP contribution in [0, 0.1) is 11.8 Å². The molecule has 0 saturated heterocycles. The molecule has 6 nitrogen and oxygen atoms in total. The summed E-state index contributed by atoms with van der Waals surface area (Å²) in [5, 5.41) is 11.6. The van der Waals surface area contributed by atoms with Crippen molar-refractivity contribution >= 4 is 12.0 Å². The lowest BCUT2D eigenvalue weighted by Gasteiger charge is -2.17. The summed E-state index contributed by atoms with van der Waals surface area (Å²) in [6.07, 6.45) is 2.61. The van der Waals surface area contributed by atoms with E-state index >= 15 is 0 Å². The molecule has 0 spiro atoms. The average Bonchev–Trinajstić information content (AvgIpc) is 3.11. The molecule has 0 aliphatic heterocycles. The van der Waals surface area contributed by atoms with Gasteiger partial charge in [-0.05, 0) is 30.4 Å². The second-order valence-corrected chi connectivity index (χ2v) is 5.35. The summed E-state index contributed by atoms with van der Waals surface area (Å²) in [5.74, 6) is 0.318. The zero-order valence-electron chi connectivity index (χ0n) is 11.7. The van der Waals surface area contributed by atoms with Crippen molar-refractivity contribution in [2.24, 2.45) is 11.8 Å². The number of aromatic nitrogens is 1. The fourth-order valence-electron chi connectivity index (χ4n) is 2.10. The molecule has 20 heavy (non-hydrogen) atoms. The minimum absolute atomic E-state index is 0.161. The van der Waals surface area contributed by atoms with E-state index in [9.17, 15) is 9.59 Å². The maximum absolute atomic E-state index is 11.9. The van der Waals surface area contributed by atoms with Crippen molar-refractivity contribution < 1.29 is 14.7 Å². The lowest BCUT2D eigenvalue weighted by atomic mass is 10.2. The van der Waals surface area contributed by atoms with Crippen LogP contribution in [0.1, 0.15) is 29.4 Å². The van der Waals surface area contributed by atoms with Crippen LogP contribution in [-0.4, -0.2) is 40.6 Å². The van der Waals surface area contributed by atoms with Crippen LogP contribution in [0.4, 0.5) is 4.79 Å². The summed E-state index contributed by atoms with van der Waals surface area (Å²) in [7, 11) is 1.77. The fourth-order valence-corrected chi connectivity index (χ4v) is 2.10. The van der Waals surface area contributed by atoms with Crippen LogP contribution in [0.25, 0.3) is 0 Å². The Bertz CT molecular complexity index is 518. The minimum atomic E-state index is -1.00. The first-order valence-electron chi connectivity index (χ1n) is 6.64.